The molecule has 1 amide bonds. The summed E-state index contributed by atoms with van der Waals surface area (Å²) in [6, 6.07) is 5.73. The molecule has 0 aliphatic heterocycles. The number of halogens is 1. The number of carbonyl (C=O) groups excluding carboxylic acids is 1. The van der Waals surface area contributed by atoms with Gasteiger partial charge in [-0.15, -0.1) is 12.6 Å². The molecule has 1 aromatic carbocycles. The molecule has 0 heterocycles. The smallest absolute Gasteiger partial charge is 0.252 e. The highest BCUT2D eigenvalue weighted by Crippen LogP contribution is 2.21. The van der Waals surface area contributed by atoms with Crippen LogP contribution in [0.25, 0.3) is 0 Å². The molecule has 4 heteroatoms. The molecule has 0 fully saturated rings. The second kappa shape index (κ2) is 5.74. The molecule has 1 N–H and O–H groups in total. The zero-order valence-corrected chi connectivity index (χ0v) is 11.8. The monoisotopic (exact) mass is 311 g/mol. The summed E-state index contributed by atoms with van der Waals surface area (Å²) in [5, 5.41) is 3.05. The third-order valence-electron chi connectivity index (χ3n) is 2.80. The van der Waals surface area contributed by atoms with Gasteiger partial charge in [-0.25, -0.2) is 0 Å². The summed E-state index contributed by atoms with van der Waals surface area (Å²) in [7, 11) is 0. The van der Waals surface area contributed by atoms with E-state index in [1.807, 2.05) is 12.1 Å². The summed E-state index contributed by atoms with van der Waals surface area (Å²) in [5.74, 6) is -0.0342. The number of hydrogen-bond acceptors (Lipinski definition) is 2. The van der Waals surface area contributed by atoms with Gasteiger partial charge in [0.1, 0.15) is 0 Å². The Hall–Kier alpha value is -0.740. The fraction of sp³-hybridized carbons (Fsp3) is 0.308. The number of thiol groups is 1. The van der Waals surface area contributed by atoms with Crippen molar-refractivity contribution in [1.82, 2.24) is 5.32 Å². The number of benzene rings is 1. The quantitative estimate of drug-likeness (QED) is 0.634. The average molecular weight is 312 g/mol. The zero-order chi connectivity index (χ0) is 12.3. The molecule has 2 rings (SSSR count). The zero-order valence-electron chi connectivity index (χ0n) is 9.32. The number of nitrogens with one attached hydrogen (secondary N) is 1. The molecule has 1 atom stereocenters. The molecule has 0 bridgehead atoms. The van der Waals surface area contributed by atoms with Crippen LogP contribution in [-0.2, 0) is 0 Å². The first-order valence-electron chi connectivity index (χ1n) is 5.61. The molecule has 2 nitrogen and oxygen atoms in total. The summed E-state index contributed by atoms with van der Waals surface area (Å²) in [6.45, 7) is 0. The second-order valence-corrected chi connectivity index (χ2v) is 5.49. The number of rotatable bonds is 2. The van der Waals surface area contributed by atoms with Crippen molar-refractivity contribution in [3.8, 4) is 0 Å². The average Bonchev–Trinajstić information content (AvgIpc) is 2.33. The molecule has 1 aliphatic rings. The van der Waals surface area contributed by atoms with E-state index in [9.17, 15) is 4.79 Å². The molecule has 0 radical (unpaired) electrons. The minimum atomic E-state index is -0.0342. The van der Waals surface area contributed by atoms with E-state index in [4.69, 9.17) is 0 Å². The van der Waals surface area contributed by atoms with Crippen LogP contribution in [-0.4, -0.2) is 11.9 Å². The maximum absolute atomic E-state index is 12.1. The molecule has 90 valence electrons. The van der Waals surface area contributed by atoms with Crippen molar-refractivity contribution in [3.63, 3.8) is 0 Å². The lowest BCUT2D eigenvalue weighted by atomic mass is 10.0. The first-order chi connectivity index (χ1) is 8.16. The second-order valence-electron chi connectivity index (χ2n) is 4.12. The van der Waals surface area contributed by atoms with Gasteiger partial charge in [-0.1, -0.05) is 12.2 Å². The third kappa shape index (κ3) is 3.36. The highest BCUT2D eigenvalue weighted by molar-refractivity contribution is 9.10. The van der Waals surface area contributed by atoms with Gasteiger partial charge in [0.2, 0.25) is 0 Å². The van der Waals surface area contributed by atoms with E-state index >= 15 is 0 Å². The van der Waals surface area contributed by atoms with Crippen molar-refractivity contribution in [2.24, 2.45) is 0 Å². The summed E-state index contributed by atoms with van der Waals surface area (Å²) in [4.78, 5) is 12.9. The lowest BCUT2D eigenvalue weighted by Crippen LogP contribution is -2.35. The van der Waals surface area contributed by atoms with E-state index in [-0.39, 0.29) is 11.9 Å². The fourth-order valence-corrected chi connectivity index (χ4v) is 2.51. The standard InChI is InChI=1S/C13H14BrNOS/c14-12-7-6-10(17)8-11(12)13(16)15-9-4-2-1-3-5-9/h1-2,6-9,17H,3-5H2,(H,15,16). The van der Waals surface area contributed by atoms with E-state index in [0.29, 0.717) is 5.56 Å². The predicted molar refractivity (Wildman–Crippen MR) is 75.6 cm³/mol. The molecule has 0 aromatic heterocycles. The molecule has 1 aliphatic carbocycles. The fourth-order valence-electron chi connectivity index (χ4n) is 1.88. The van der Waals surface area contributed by atoms with E-state index in [2.05, 4.69) is 46.0 Å². The SMILES string of the molecule is O=C(NC1CC=CCC1)c1cc(S)ccc1Br. The lowest BCUT2D eigenvalue weighted by Gasteiger charge is -2.19. The van der Waals surface area contributed by atoms with Crippen molar-refractivity contribution < 1.29 is 4.79 Å². The minimum absolute atomic E-state index is 0.0342. The predicted octanol–water partition coefficient (Wildman–Crippen LogP) is 3.58. The van der Waals surface area contributed by atoms with Crippen molar-refractivity contribution in [2.45, 2.75) is 30.2 Å². The first kappa shape index (κ1) is 12.7. The Kier molecular flexibility index (Phi) is 4.29. The van der Waals surface area contributed by atoms with Crippen molar-refractivity contribution >= 4 is 34.5 Å². The summed E-state index contributed by atoms with van der Waals surface area (Å²) >= 11 is 7.64. The number of carbonyl (C=O) groups is 1. The molecular formula is C13H14BrNOS. The molecule has 0 saturated carbocycles. The van der Waals surface area contributed by atoms with Crippen LogP contribution in [0.15, 0.2) is 39.7 Å². The van der Waals surface area contributed by atoms with Crippen LogP contribution in [0.5, 0.6) is 0 Å². The molecule has 17 heavy (non-hydrogen) atoms. The van der Waals surface area contributed by atoms with Crippen LogP contribution in [0.2, 0.25) is 0 Å². The van der Waals surface area contributed by atoms with Gasteiger partial charge in [-0.2, -0.15) is 0 Å². The summed E-state index contributed by atoms with van der Waals surface area (Å²) in [6.07, 6.45) is 7.26. The summed E-state index contributed by atoms with van der Waals surface area (Å²) < 4.78 is 0.805. The summed E-state index contributed by atoms with van der Waals surface area (Å²) in [5.41, 5.74) is 0.645. The van der Waals surface area contributed by atoms with Crippen molar-refractivity contribution in [3.05, 3.63) is 40.4 Å². The molecule has 1 unspecified atom stereocenters. The van der Waals surface area contributed by atoms with E-state index in [1.54, 1.807) is 6.07 Å². The number of allylic oxidation sites excluding steroid dienone is 1. The Morgan fingerprint density at radius 1 is 1.41 bits per heavy atom. The van der Waals surface area contributed by atoms with Crippen LogP contribution in [0, 0.1) is 0 Å². The Balaban J connectivity index is 2.08. The topological polar surface area (TPSA) is 29.1 Å². The van der Waals surface area contributed by atoms with Gasteiger partial charge in [0.25, 0.3) is 5.91 Å². The van der Waals surface area contributed by atoms with Gasteiger partial charge < -0.3 is 5.32 Å². The first-order valence-corrected chi connectivity index (χ1v) is 6.85. The van der Waals surface area contributed by atoms with Crippen molar-refractivity contribution in [1.29, 1.82) is 0 Å². The lowest BCUT2D eigenvalue weighted by molar-refractivity contribution is 0.0933. The van der Waals surface area contributed by atoms with E-state index in [0.717, 1.165) is 28.6 Å². The van der Waals surface area contributed by atoms with E-state index < -0.39 is 0 Å². The van der Waals surface area contributed by atoms with Gasteiger partial charge in [-0.05, 0) is 53.4 Å². The van der Waals surface area contributed by atoms with Crippen molar-refractivity contribution in [2.75, 3.05) is 0 Å². The highest BCUT2D eigenvalue weighted by Gasteiger charge is 2.16. The minimum Gasteiger partial charge on any atom is -0.349 e. The van der Waals surface area contributed by atoms with Gasteiger partial charge in [0.05, 0.1) is 5.56 Å². The van der Waals surface area contributed by atoms with Crippen LogP contribution in [0.3, 0.4) is 0 Å². The van der Waals surface area contributed by atoms with Gasteiger partial charge in [-0.3, -0.25) is 4.79 Å². The number of hydrogen-bond donors (Lipinski definition) is 2. The largest absolute Gasteiger partial charge is 0.349 e. The molecule has 0 saturated heterocycles. The van der Waals surface area contributed by atoms with E-state index in [1.165, 1.54) is 0 Å². The molecule has 0 spiro atoms. The van der Waals surface area contributed by atoms with Gasteiger partial charge in [0, 0.05) is 15.4 Å². The Bertz CT molecular complexity index is 459. The Morgan fingerprint density at radius 2 is 2.24 bits per heavy atom. The molecule has 1 aromatic rings. The highest BCUT2D eigenvalue weighted by atomic mass is 79.9. The van der Waals surface area contributed by atoms with Crippen LogP contribution in [0.4, 0.5) is 0 Å². The third-order valence-corrected chi connectivity index (χ3v) is 3.77. The maximum Gasteiger partial charge on any atom is 0.252 e. The van der Waals surface area contributed by atoms with Gasteiger partial charge >= 0.3 is 0 Å². The maximum atomic E-state index is 12.1. The Labute approximate surface area is 115 Å². The Morgan fingerprint density at radius 3 is 2.94 bits per heavy atom. The van der Waals surface area contributed by atoms with Crippen LogP contribution < -0.4 is 5.32 Å². The van der Waals surface area contributed by atoms with Gasteiger partial charge in [0.15, 0.2) is 0 Å². The number of amides is 1. The van der Waals surface area contributed by atoms with Crippen LogP contribution >= 0.6 is 28.6 Å². The normalized spacial score (nSPS) is 19.1. The van der Waals surface area contributed by atoms with Crippen LogP contribution in [0.1, 0.15) is 29.6 Å². The molecular weight excluding hydrogens is 298 g/mol.